The van der Waals surface area contributed by atoms with Crippen LogP contribution >= 0.6 is 0 Å². The van der Waals surface area contributed by atoms with E-state index < -0.39 is 0 Å². The first-order valence-corrected chi connectivity index (χ1v) is 7.19. The second-order valence-electron chi connectivity index (χ2n) is 5.72. The van der Waals surface area contributed by atoms with Crippen molar-refractivity contribution in [3.05, 3.63) is 24.3 Å². The molecule has 1 saturated carbocycles. The molecule has 0 unspecified atom stereocenters. The van der Waals surface area contributed by atoms with Crippen LogP contribution in [0.1, 0.15) is 26.7 Å². The Morgan fingerprint density at radius 2 is 2.05 bits per heavy atom. The number of hydrogen-bond donors (Lipinski definition) is 2. The highest BCUT2D eigenvalue weighted by Crippen LogP contribution is 2.34. The van der Waals surface area contributed by atoms with Gasteiger partial charge >= 0.3 is 0 Å². The predicted molar refractivity (Wildman–Crippen MR) is 82.6 cm³/mol. The molecular weight excluding hydrogens is 250 g/mol. The highest BCUT2D eigenvalue weighted by Gasteiger charge is 2.27. The standard InChI is InChI=1S/C15H21N5/c1-10(2)20(9-11-7-8-11)14-12-5-3-4-6-13(12)17-15(18-14)19-16/h3-6,10-11H,7-9,16H2,1-2H3,(H,17,18,19). The lowest BCUT2D eigenvalue weighted by atomic mass is 10.2. The van der Waals surface area contributed by atoms with Gasteiger partial charge in [-0.15, -0.1) is 0 Å². The van der Waals surface area contributed by atoms with Gasteiger partial charge in [-0.2, -0.15) is 4.98 Å². The van der Waals surface area contributed by atoms with Gasteiger partial charge in [0.15, 0.2) is 0 Å². The van der Waals surface area contributed by atoms with E-state index in [1.807, 2.05) is 18.2 Å². The summed E-state index contributed by atoms with van der Waals surface area (Å²) in [5, 5.41) is 1.08. The van der Waals surface area contributed by atoms with Gasteiger partial charge in [0.1, 0.15) is 5.82 Å². The van der Waals surface area contributed by atoms with E-state index >= 15 is 0 Å². The van der Waals surface area contributed by atoms with Crippen LogP contribution in [0.3, 0.4) is 0 Å². The maximum absolute atomic E-state index is 5.51. The van der Waals surface area contributed by atoms with Crippen LogP contribution in [-0.4, -0.2) is 22.6 Å². The monoisotopic (exact) mass is 271 g/mol. The minimum Gasteiger partial charge on any atom is -0.353 e. The number of nitrogen functional groups attached to an aromatic ring is 1. The third-order valence-corrected chi connectivity index (χ3v) is 3.76. The first-order valence-electron chi connectivity index (χ1n) is 7.19. The molecule has 1 aliphatic rings. The molecule has 0 bridgehead atoms. The van der Waals surface area contributed by atoms with Crippen LogP contribution in [0.4, 0.5) is 11.8 Å². The number of para-hydroxylation sites is 1. The molecule has 1 aromatic carbocycles. The number of aromatic nitrogens is 2. The van der Waals surface area contributed by atoms with Crippen molar-refractivity contribution in [2.24, 2.45) is 11.8 Å². The first kappa shape index (κ1) is 13.1. The fourth-order valence-corrected chi connectivity index (χ4v) is 2.46. The van der Waals surface area contributed by atoms with E-state index in [9.17, 15) is 0 Å². The second kappa shape index (κ2) is 5.25. The summed E-state index contributed by atoms with van der Waals surface area (Å²) in [7, 11) is 0. The Morgan fingerprint density at radius 1 is 1.30 bits per heavy atom. The largest absolute Gasteiger partial charge is 0.353 e. The Morgan fingerprint density at radius 3 is 2.70 bits per heavy atom. The summed E-state index contributed by atoms with van der Waals surface area (Å²) in [4.78, 5) is 11.4. The number of fused-ring (bicyclic) bond motifs is 1. The van der Waals surface area contributed by atoms with Crippen molar-refractivity contribution < 1.29 is 0 Å². The molecular formula is C15H21N5. The van der Waals surface area contributed by atoms with Gasteiger partial charge in [-0.1, -0.05) is 12.1 Å². The molecule has 1 heterocycles. The maximum Gasteiger partial charge on any atom is 0.239 e. The molecule has 106 valence electrons. The van der Waals surface area contributed by atoms with Crippen molar-refractivity contribution in [1.29, 1.82) is 0 Å². The quantitative estimate of drug-likeness (QED) is 0.646. The van der Waals surface area contributed by atoms with Crippen molar-refractivity contribution >= 4 is 22.7 Å². The molecule has 1 aromatic heterocycles. The fraction of sp³-hybridized carbons (Fsp3) is 0.467. The fourth-order valence-electron chi connectivity index (χ4n) is 2.46. The first-order chi connectivity index (χ1) is 9.69. The number of hydrazine groups is 1. The molecule has 0 saturated heterocycles. The molecule has 0 aliphatic heterocycles. The minimum absolute atomic E-state index is 0.402. The highest BCUT2D eigenvalue weighted by atomic mass is 15.3. The van der Waals surface area contributed by atoms with Gasteiger partial charge in [0.25, 0.3) is 0 Å². The Bertz CT molecular complexity index is 606. The Balaban J connectivity index is 2.10. The summed E-state index contributed by atoms with van der Waals surface area (Å²) in [5.41, 5.74) is 3.50. The van der Waals surface area contributed by atoms with Gasteiger partial charge in [-0.05, 0) is 44.7 Å². The van der Waals surface area contributed by atoms with Gasteiger partial charge in [0.2, 0.25) is 5.95 Å². The molecule has 0 radical (unpaired) electrons. The summed E-state index contributed by atoms with van der Waals surface area (Å²) in [6, 6.07) is 8.49. The van der Waals surface area contributed by atoms with Gasteiger partial charge in [-0.25, -0.2) is 10.8 Å². The van der Waals surface area contributed by atoms with Crippen molar-refractivity contribution in [2.45, 2.75) is 32.7 Å². The average Bonchev–Trinajstić information content (AvgIpc) is 3.27. The zero-order valence-corrected chi connectivity index (χ0v) is 12.0. The van der Waals surface area contributed by atoms with E-state index in [2.05, 4.69) is 40.2 Å². The van der Waals surface area contributed by atoms with Crippen LogP contribution in [0.5, 0.6) is 0 Å². The zero-order chi connectivity index (χ0) is 14.1. The Labute approximate surface area is 119 Å². The molecule has 1 aliphatic carbocycles. The summed E-state index contributed by atoms with van der Waals surface area (Å²) in [5.74, 6) is 7.76. The summed E-state index contributed by atoms with van der Waals surface area (Å²) in [6.45, 7) is 5.46. The molecule has 0 amide bonds. The lowest BCUT2D eigenvalue weighted by Crippen LogP contribution is -2.34. The van der Waals surface area contributed by atoms with Crippen LogP contribution in [0, 0.1) is 5.92 Å². The van der Waals surface area contributed by atoms with E-state index in [1.165, 1.54) is 12.8 Å². The van der Waals surface area contributed by atoms with Gasteiger partial charge in [0, 0.05) is 18.0 Å². The molecule has 2 aromatic rings. The Kier molecular flexibility index (Phi) is 3.44. The third kappa shape index (κ3) is 2.54. The number of nitrogens with one attached hydrogen (secondary N) is 1. The molecule has 0 spiro atoms. The highest BCUT2D eigenvalue weighted by molar-refractivity contribution is 5.90. The summed E-state index contributed by atoms with van der Waals surface area (Å²) in [6.07, 6.45) is 2.66. The SMILES string of the molecule is CC(C)N(CC1CC1)c1nc(NN)nc2ccccc12. The van der Waals surface area contributed by atoms with Crippen LogP contribution in [0.2, 0.25) is 0 Å². The van der Waals surface area contributed by atoms with Gasteiger partial charge in [-0.3, -0.25) is 5.43 Å². The number of anilines is 2. The average molecular weight is 271 g/mol. The molecule has 0 atom stereocenters. The van der Waals surface area contributed by atoms with Crippen LogP contribution in [0.25, 0.3) is 10.9 Å². The van der Waals surface area contributed by atoms with E-state index in [0.717, 1.165) is 29.2 Å². The van der Waals surface area contributed by atoms with Crippen LogP contribution in [0.15, 0.2) is 24.3 Å². The number of nitrogens with zero attached hydrogens (tertiary/aromatic N) is 3. The molecule has 20 heavy (non-hydrogen) atoms. The molecule has 5 nitrogen and oxygen atoms in total. The second-order valence-corrected chi connectivity index (χ2v) is 5.72. The lowest BCUT2D eigenvalue weighted by molar-refractivity contribution is 0.639. The topological polar surface area (TPSA) is 67.1 Å². The minimum atomic E-state index is 0.402. The van der Waals surface area contributed by atoms with E-state index in [4.69, 9.17) is 5.84 Å². The lowest BCUT2D eigenvalue weighted by Gasteiger charge is -2.29. The normalized spacial score (nSPS) is 14.8. The Hall–Kier alpha value is -1.88. The van der Waals surface area contributed by atoms with Crippen molar-refractivity contribution in [3.8, 4) is 0 Å². The smallest absolute Gasteiger partial charge is 0.239 e. The number of hydrogen-bond acceptors (Lipinski definition) is 5. The van der Waals surface area contributed by atoms with Crippen LogP contribution < -0.4 is 16.2 Å². The van der Waals surface area contributed by atoms with Crippen LogP contribution in [-0.2, 0) is 0 Å². The van der Waals surface area contributed by atoms with Crippen molar-refractivity contribution in [2.75, 3.05) is 16.9 Å². The molecule has 3 rings (SSSR count). The van der Waals surface area contributed by atoms with E-state index in [1.54, 1.807) is 0 Å². The summed E-state index contributed by atoms with van der Waals surface area (Å²) < 4.78 is 0. The van der Waals surface area contributed by atoms with E-state index in [0.29, 0.717) is 12.0 Å². The zero-order valence-electron chi connectivity index (χ0n) is 12.0. The third-order valence-electron chi connectivity index (χ3n) is 3.76. The molecule has 5 heteroatoms. The number of rotatable bonds is 5. The van der Waals surface area contributed by atoms with Gasteiger partial charge < -0.3 is 4.90 Å². The maximum atomic E-state index is 5.51. The van der Waals surface area contributed by atoms with Crippen molar-refractivity contribution in [1.82, 2.24) is 9.97 Å². The number of benzene rings is 1. The van der Waals surface area contributed by atoms with E-state index in [-0.39, 0.29) is 0 Å². The molecule has 3 N–H and O–H groups in total. The number of nitrogens with two attached hydrogens (primary N) is 1. The summed E-state index contributed by atoms with van der Waals surface area (Å²) >= 11 is 0. The predicted octanol–water partition coefficient (Wildman–Crippen LogP) is 2.54. The van der Waals surface area contributed by atoms with Gasteiger partial charge in [0.05, 0.1) is 5.52 Å². The molecule has 1 fully saturated rings. The van der Waals surface area contributed by atoms with Crippen molar-refractivity contribution in [3.63, 3.8) is 0 Å².